The van der Waals surface area contributed by atoms with Gasteiger partial charge in [-0.05, 0) is 12.1 Å². The van der Waals surface area contributed by atoms with Gasteiger partial charge in [0.15, 0.2) is 11.8 Å². The number of halogens is 4. The first kappa shape index (κ1) is 21.6. The van der Waals surface area contributed by atoms with Crippen LogP contribution in [0.15, 0.2) is 52.6 Å². The number of alkyl halides is 4. The standard InChI is InChI=1S/C20H15F4N7O3/c21-16(22)10-1-2-15(26-6-10)34-14-8-30(9-20(14,23)24)13-5-12(29-31-4-3-25-17(13)31)11-7-27-19(33)28-18(11)32/h1-7,14,16H,8-9H2,(H2,27,28,32,33). The lowest BCUT2D eigenvalue weighted by molar-refractivity contribution is -0.0609. The van der Waals surface area contributed by atoms with E-state index in [-0.39, 0.29) is 40.6 Å². The van der Waals surface area contributed by atoms with Crippen molar-refractivity contribution in [2.24, 2.45) is 0 Å². The highest BCUT2D eigenvalue weighted by Crippen LogP contribution is 2.36. The number of aromatic nitrogens is 6. The molecule has 0 radical (unpaired) electrons. The third kappa shape index (κ3) is 3.86. The largest absolute Gasteiger partial charge is 0.466 e. The van der Waals surface area contributed by atoms with E-state index in [1.54, 1.807) is 0 Å². The number of hydrogen-bond donors (Lipinski definition) is 2. The van der Waals surface area contributed by atoms with Gasteiger partial charge >= 0.3 is 11.6 Å². The molecule has 5 rings (SSSR count). The lowest BCUT2D eigenvalue weighted by Crippen LogP contribution is -2.36. The first-order chi connectivity index (χ1) is 16.2. The molecular formula is C20H15F4N7O3. The van der Waals surface area contributed by atoms with Gasteiger partial charge < -0.3 is 14.6 Å². The molecule has 10 nitrogen and oxygen atoms in total. The van der Waals surface area contributed by atoms with Gasteiger partial charge in [-0.15, -0.1) is 0 Å². The second-order valence-electron chi connectivity index (χ2n) is 7.57. The molecule has 14 heteroatoms. The first-order valence-electron chi connectivity index (χ1n) is 9.91. The van der Waals surface area contributed by atoms with E-state index in [0.29, 0.717) is 0 Å². The van der Waals surface area contributed by atoms with Crippen molar-refractivity contribution in [3.63, 3.8) is 0 Å². The normalized spacial score (nSPS) is 17.6. The number of H-pyrrole nitrogens is 2. The third-order valence-electron chi connectivity index (χ3n) is 5.31. The fourth-order valence-corrected chi connectivity index (χ4v) is 3.66. The Balaban J connectivity index is 1.48. The van der Waals surface area contributed by atoms with E-state index in [1.165, 1.54) is 34.1 Å². The molecule has 0 amide bonds. The number of pyridine rings is 1. The molecule has 0 aromatic carbocycles. The van der Waals surface area contributed by atoms with Gasteiger partial charge in [0.25, 0.3) is 12.0 Å². The molecule has 176 valence electrons. The summed E-state index contributed by atoms with van der Waals surface area (Å²) in [7, 11) is 0. The predicted molar refractivity (Wildman–Crippen MR) is 110 cm³/mol. The molecule has 1 unspecified atom stereocenters. The van der Waals surface area contributed by atoms with Crippen molar-refractivity contribution in [1.82, 2.24) is 29.5 Å². The Hall–Kier alpha value is -4.23. The van der Waals surface area contributed by atoms with Crippen LogP contribution in [0.2, 0.25) is 0 Å². The van der Waals surface area contributed by atoms with Crippen LogP contribution < -0.4 is 20.9 Å². The molecule has 1 fully saturated rings. The zero-order valence-corrected chi connectivity index (χ0v) is 17.1. The number of rotatable bonds is 5. The maximum Gasteiger partial charge on any atom is 0.325 e. The SMILES string of the molecule is O=c1[nH]cc(-c2cc(N3CC(Oc4ccc(C(F)F)cn4)C(F)(F)C3)c3nccn3n2)c(=O)[nH]1. The fraction of sp³-hybridized carbons (Fsp3) is 0.250. The first-order valence-corrected chi connectivity index (χ1v) is 9.91. The minimum absolute atomic E-state index is 0.0264. The molecule has 1 saturated heterocycles. The summed E-state index contributed by atoms with van der Waals surface area (Å²) in [6, 6.07) is 3.59. The van der Waals surface area contributed by atoms with Gasteiger partial charge in [0.2, 0.25) is 5.88 Å². The highest BCUT2D eigenvalue weighted by Gasteiger charge is 2.51. The van der Waals surface area contributed by atoms with Gasteiger partial charge in [-0.25, -0.2) is 36.8 Å². The van der Waals surface area contributed by atoms with Gasteiger partial charge in [0.1, 0.15) is 5.69 Å². The summed E-state index contributed by atoms with van der Waals surface area (Å²) in [5.74, 6) is -3.52. The molecule has 1 aliphatic heterocycles. The van der Waals surface area contributed by atoms with Crippen LogP contribution >= 0.6 is 0 Å². The number of imidazole rings is 1. The Morgan fingerprint density at radius 1 is 1.21 bits per heavy atom. The van der Waals surface area contributed by atoms with Gasteiger partial charge in [0, 0.05) is 36.4 Å². The zero-order valence-electron chi connectivity index (χ0n) is 17.1. The van der Waals surface area contributed by atoms with Crippen molar-refractivity contribution in [3.05, 3.63) is 69.4 Å². The molecule has 1 atom stereocenters. The van der Waals surface area contributed by atoms with Crippen molar-refractivity contribution in [2.45, 2.75) is 18.5 Å². The van der Waals surface area contributed by atoms with Gasteiger partial charge in [-0.3, -0.25) is 9.78 Å². The predicted octanol–water partition coefficient (Wildman–Crippen LogP) is 2.01. The number of ether oxygens (including phenoxy) is 1. The Labute approximate surface area is 186 Å². The van der Waals surface area contributed by atoms with Crippen LogP contribution in [0.1, 0.15) is 12.0 Å². The molecule has 5 heterocycles. The highest BCUT2D eigenvalue weighted by molar-refractivity contribution is 5.74. The Morgan fingerprint density at radius 3 is 2.74 bits per heavy atom. The van der Waals surface area contributed by atoms with E-state index in [0.717, 1.165) is 18.3 Å². The molecule has 34 heavy (non-hydrogen) atoms. The number of fused-ring (bicyclic) bond motifs is 1. The Bertz CT molecular complexity index is 1470. The lowest BCUT2D eigenvalue weighted by atomic mass is 10.2. The monoisotopic (exact) mass is 477 g/mol. The van der Waals surface area contributed by atoms with Gasteiger partial charge in [-0.2, -0.15) is 5.10 Å². The van der Waals surface area contributed by atoms with E-state index in [2.05, 4.69) is 25.0 Å². The van der Waals surface area contributed by atoms with E-state index in [4.69, 9.17) is 4.74 Å². The maximum absolute atomic E-state index is 14.8. The number of aromatic amines is 2. The zero-order chi connectivity index (χ0) is 24.0. The molecule has 0 aliphatic carbocycles. The van der Waals surface area contributed by atoms with Crippen LogP contribution in [-0.2, 0) is 0 Å². The van der Waals surface area contributed by atoms with Gasteiger partial charge in [0.05, 0.1) is 24.3 Å². The Kier molecular flexibility index (Phi) is 5.06. The minimum Gasteiger partial charge on any atom is -0.466 e. The molecule has 1 aliphatic rings. The van der Waals surface area contributed by atoms with Crippen molar-refractivity contribution in [3.8, 4) is 17.1 Å². The van der Waals surface area contributed by atoms with Crippen LogP contribution in [-0.4, -0.2) is 54.7 Å². The van der Waals surface area contributed by atoms with E-state index in [1.807, 2.05) is 0 Å². The summed E-state index contributed by atoms with van der Waals surface area (Å²) in [4.78, 5) is 37.2. The average Bonchev–Trinajstić information content (AvgIpc) is 3.37. The summed E-state index contributed by atoms with van der Waals surface area (Å²) in [5.41, 5.74) is -1.09. The van der Waals surface area contributed by atoms with Crippen molar-refractivity contribution in [1.29, 1.82) is 0 Å². The number of nitrogens with zero attached hydrogens (tertiary/aromatic N) is 5. The smallest absolute Gasteiger partial charge is 0.325 e. The molecule has 4 aromatic heterocycles. The molecule has 2 N–H and O–H groups in total. The summed E-state index contributed by atoms with van der Waals surface area (Å²) >= 11 is 0. The van der Waals surface area contributed by atoms with Crippen LogP contribution in [0.5, 0.6) is 5.88 Å². The molecule has 0 saturated carbocycles. The summed E-state index contributed by atoms with van der Waals surface area (Å²) in [5, 5.41) is 4.27. The number of anilines is 1. The average molecular weight is 477 g/mol. The topological polar surface area (TPSA) is 121 Å². The van der Waals surface area contributed by atoms with Crippen LogP contribution in [0.4, 0.5) is 23.2 Å². The van der Waals surface area contributed by atoms with Crippen LogP contribution in [0.25, 0.3) is 16.9 Å². The second kappa shape index (κ2) is 7.97. The molecule has 0 bridgehead atoms. The van der Waals surface area contributed by atoms with Gasteiger partial charge in [-0.1, -0.05) is 0 Å². The maximum atomic E-state index is 14.8. The fourth-order valence-electron chi connectivity index (χ4n) is 3.66. The second-order valence-corrected chi connectivity index (χ2v) is 7.57. The van der Waals surface area contributed by atoms with E-state index in [9.17, 15) is 27.2 Å². The summed E-state index contributed by atoms with van der Waals surface area (Å²) < 4.78 is 61.8. The number of hydrogen-bond acceptors (Lipinski definition) is 7. The Morgan fingerprint density at radius 2 is 2.03 bits per heavy atom. The number of nitrogens with one attached hydrogen (secondary N) is 2. The minimum atomic E-state index is -3.31. The van der Waals surface area contributed by atoms with E-state index >= 15 is 0 Å². The lowest BCUT2D eigenvalue weighted by Gasteiger charge is -2.19. The van der Waals surface area contributed by atoms with Crippen molar-refractivity contribution >= 4 is 11.3 Å². The third-order valence-corrected chi connectivity index (χ3v) is 5.31. The van der Waals surface area contributed by atoms with E-state index < -0.39 is 36.2 Å². The van der Waals surface area contributed by atoms with Crippen LogP contribution in [0, 0.1) is 0 Å². The van der Waals surface area contributed by atoms with Crippen molar-refractivity contribution < 1.29 is 22.3 Å². The van der Waals surface area contributed by atoms with Crippen molar-refractivity contribution in [2.75, 3.05) is 18.0 Å². The summed E-state index contributed by atoms with van der Waals surface area (Å²) in [6.45, 7) is -1.01. The molecule has 0 spiro atoms. The quantitative estimate of drug-likeness (QED) is 0.422. The molecular weight excluding hydrogens is 462 g/mol. The van der Waals surface area contributed by atoms with Crippen LogP contribution in [0.3, 0.4) is 0 Å². The molecule has 4 aromatic rings. The summed E-state index contributed by atoms with van der Waals surface area (Å²) in [6.07, 6.45) is 0.589. The highest BCUT2D eigenvalue weighted by atomic mass is 19.3.